The van der Waals surface area contributed by atoms with E-state index in [9.17, 15) is 4.79 Å². The zero-order valence-electron chi connectivity index (χ0n) is 11.3. The molecule has 3 nitrogen and oxygen atoms in total. The Bertz CT molecular complexity index is 519. The average Bonchev–Trinajstić information content (AvgIpc) is 2.49. The number of pyridine rings is 1. The van der Waals surface area contributed by atoms with Gasteiger partial charge < -0.3 is 4.90 Å². The Kier molecular flexibility index (Phi) is 4.18. The van der Waals surface area contributed by atoms with E-state index < -0.39 is 0 Å². The Morgan fingerprint density at radius 1 is 1.20 bits per heavy atom. The monoisotopic (exact) mass is 312 g/mol. The van der Waals surface area contributed by atoms with Crippen LogP contribution in [0, 0.1) is 5.92 Å². The van der Waals surface area contributed by atoms with Gasteiger partial charge in [-0.3, -0.25) is 4.79 Å². The third-order valence-corrected chi connectivity index (χ3v) is 5.23. The molecule has 20 heavy (non-hydrogen) atoms. The molecular formula is C15H18Cl2N2O. The van der Waals surface area contributed by atoms with Crippen LogP contribution < -0.4 is 0 Å². The molecule has 0 spiro atoms. The fourth-order valence-corrected chi connectivity index (χ4v) is 3.85. The van der Waals surface area contributed by atoms with Gasteiger partial charge in [-0.15, -0.1) is 0 Å². The van der Waals surface area contributed by atoms with Crippen molar-refractivity contribution in [3.63, 3.8) is 0 Å². The number of carbonyl (C=O) groups is 1. The topological polar surface area (TPSA) is 33.2 Å². The Hall–Kier alpha value is -0.800. The van der Waals surface area contributed by atoms with Crippen molar-refractivity contribution in [1.82, 2.24) is 9.88 Å². The standard InChI is InChI=1S/C15H18Cl2N2O/c16-12-8-11(9-18-14(12)17)15(20)19-7-3-5-10-4-1-2-6-13(10)19/h8-10,13H,1-7H2/t10-,13-/m0/s1. The second-order valence-corrected chi connectivity index (χ2v) is 6.51. The zero-order valence-corrected chi connectivity index (χ0v) is 12.8. The van der Waals surface area contributed by atoms with E-state index in [1.165, 1.54) is 31.9 Å². The molecule has 5 heteroatoms. The highest BCUT2D eigenvalue weighted by molar-refractivity contribution is 6.41. The number of nitrogens with zero attached hydrogens (tertiary/aromatic N) is 2. The third-order valence-electron chi connectivity index (χ3n) is 4.55. The van der Waals surface area contributed by atoms with E-state index in [4.69, 9.17) is 23.2 Å². The molecule has 0 bridgehead atoms. The molecule has 3 rings (SSSR count). The van der Waals surface area contributed by atoms with Gasteiger partial charge in [0.2, 0.25) is 0 Å². The number of amides is 1. The van der Waals surface area contributed by atoms with E-state index in [-0.39, 0.29) is 11.1 Å². The van der Waals surface area contributed by atoms with Gasteiger partial charge in [0.25, 0.3) is 5.91 Å². The second-order valence-electron chi connectivity index (χ2n) is 5.75. The summed E-state index contributed by atoms with van der Waals surface area (Å²) in [6.07, 6.45) is 8.81. The number of halogens is 2. The van der Waals surface area contributed by atoms with Gasteiger partial charge in [0.05, 0.1) is 10.6 Å². The molecule has 1 aromatic rings. The number of hydrogen-bond donors (Lipinski definition) is 0. The van der Waals surface area contributed by atoms with Crippen molar-refractivity contribution in [1.29, 1.82) is 0 Å². The largest absolute Gasteiger partial charge is 0.335 e. The number of carbonyl (C=O) groups excluding carboxylic acids is 1. The number of rotatable bonds is 1. The van der Waals surface area contributed by atoms with Gasteiger partial charge in [0.1, 0.15) is 5.15 Å². The van der Waals surface area contributed by atoms with Crippen LogP contribution in [-0.4, -0.2) is 28.4 Å². The van der Waals surface area contributed by atoms with Crippen LogP contribution in [0.5, 0.6) is 0 Å². The van der Waals surface area contributed by atoms with Crippen molar-refractivity contribution in [3.8, 4) is 0 Å². The summed E-state index contributed by atoms with van der Waals surface area (Å²) in [6, 6.07) is 2.03. The third kappa shape index (κ3) is 2.66. The minimum Gasteiger partial charge on any atom is -0.335 e. The van der Waals surface area contributed by atoms with E-state index in [2.05, 4.69) is 4.98 Å². The maximum Gasteiger partial charge on any atom is 0.255 e. The first-order valence-corrected chi connectivity index (χ1v) is 8.04. The van der Waals surface area contributed by atoms with Crippen LogP contribution in [0.15, 0.2) is 12.3 Å². The van der Waals surface area contributed by atoms with Crippen molar-refractivity contribution >= 4 is 29.1 Å². The Balaban J connectivity index is 1.83. The fraction of sp³-hybridized carbons (Fsp3) is 0.600. The number of likely N-dealkylation sites (tertiary alicyclic amines) is 1. The molecule has 2 heterocycles. The minimum absolute atomic E-state index is 0.0488. The summed E-state index contributed by atoms with van der Waals surface area (Å²) in [5.41, 5.74) is 0.547. The first-order valence-electron chi connectivity index (χ1n) is 7.29. The summed E-state index contributed by atoms with van der Waals surface area (Å²) in [6.45, 7) is 0.847. The maximum absolute atomic E-state index is 12.7. The molecule has 108 valence electrons. The number of hydrogen-bond acceptors (Lipinski definition) is 2. The highest BCUT2D eigenvalue weighted by Gasteiger charge is 2.36. The van der Waals surface area contributed by atoms with E-state index >= 15 is 0 Å². The number of piperidine rings is 1. The second kappa shape index (κ2) is 5.90. The van der Waals surface area contributed by atoms with Crippen LogP contribution >= 0.6 is 23.2 Å². The zero-order chi connectivity index (χ0) is 14.1. The molecule has 2 aliphatic rings. The van der Waals surface area contributed by atoms with Crippen molar-refractivity contribution in [2.45, 2.75) is 44.6 Å². The molecule has 1 saturated heterocycles. The summed E-state index contributed by atoms with van der Waals surface area (Å²) in [5, 5.41) is 0.590. The highest BCUT2D eigenvalue weighted by atomic mass is 35.5. The lowest BCUT2D eigenvalue weighted by Crippen LogP contribution is -2.49. The van der Waals surface area contributed by atoms with Crippen LogP contribution in [0.25, 0.3) is 0 Å². The van der Waals surface area contributed by atoms with Crippen molar-refractivity contribution in [2.75, 3.05) is 6.54 Å². The van der Waals surface area contributed by atoms with E-state index in [1.54, 1.807) is 6.07 Å². The lowest BCUT2D eigenvalue weighted by Gasteiger charge is -2.44. The van der Waals surface area contributed by atoms with Crippen LogP contribution in [0.4, 0.5) is 0 Å². The lowest BCUT2D eigenvalue weighted by molar-refractivity contribution is 0.0390. The molecule has 1 amide bonds. The molecule has 0 N–H and O–H groups in total. The summed E-state index contributed by atoms with van der Waals surface area (Å²) < 4.78 is 0. The Morgan fingerprint density at radius 2 is 1.95 bits per heavy atom. The Labute approximate surface area is 129 Å². The van der Waals surface area contributed by atoms with Crippen LogP contribution in [0.1, 0.15) is 48.9 Å². The molecule has 1 aliphatic heterocycles. The van der Waals surface area contributed by atoms with E-state index in [0.717, 1.165) is 19.4 Å². The summed E-state index contributed by atoms with van der Waals surface area (Å²) in [5.74, 6) is 0.727. The van der Waals surface area contributed by atoms with Crippen molar-refractivity contribution in [3.05, 3.63) is 28.0 Å². The molecule has 0 unspecified atom stereocenters. The Morgan fingerprint density at radius 3 is 2.75 bits per heavy atom. The molecule has 2 atom stereocenters. The summed E-state index contributed by atoms with van der Waals surface area (Å²) in [7, 11) is 0. The van der Waals surface area contributed by atoms with Gasteiger partial charge >= 0.3 is 0 Å². The van der Waals surface area contributed by atoms with Gasteiger partial charge in [-0.25, -0.2) is 4.98 Å². The molecule has 2 fully saturated rings. The first-order chi connectivity index (χ1) is 9.66. The molecule has 1 aliphatic carbocycles. The first kappa shape index (κ1) is 14.2. The van der Waals surface area contributed by atoms with Crippen molar-refractivity contribution in [2.24, 2.45) is 5.92 Å². The summed E-state index contributed by atoms with van der Waals surface area (Å²) in [4.78, 5) is 18.7. The molecule has 1 saturated carbocycles. The summed E-state index contributed by atoms with van der Waals surface area (Å²) >= 11 is 11.8. The minimum atomic E-state index is 0.0488. The number of fused-ring (bicyclic) bond motifs is 1. The van der Waals surface area contributed by atoms with Gasteiger partial charge in [-0.2, -0.15) is 0 Å². The van der Waals surface area contributed by atoms with E-state index in [0.29, 0.717) is 22.5 Å². The van der Waals surface area contributed by atoms with E-state index in [1.807, 2.05) is 4.90 Å². The molecule has 0 radical (unpaired) electrons. The predicted octanol–water partition coefficient (Wildman–Crippen LogP) is 4.18. The van der Waals surface area contributed by atoms with Crippen molar-refractivity contribution < 1.29 is 4.79 Å². The molecule has 0 aromatic carbocycles. The van der Waals surface area contributed by atoms with Crippen LogP contribution in [-0.2, 0) is 0 Å². The quantitative estimate of drug-likeness (QED) is 0.729. The van der Waals surface area contributed by atoms with Gasteiger partial charge in [0.15, 0.2) is 0 Å². The highest BCUT2D eigenvalue weighted by Crippen LogP contribution is 2.36. The molecular weight excluding hydrogens is 295 g/mol. The lowest BCUT2D eigenvalue weighted by atomic mass is 9.78. The van der Waals surface area contributed by atoms with Crippen LogP contribution in [0.3, 0.4) is 0 Å². The average molecular weight is 313 g/mol. The maximum atomic E-state index is 12.7. The normalized spacial score (nSPS) is 26.2. The number of aromatic nitrogens is 1. The van der Waals surface area contributed by atoms with Gasteiger partial charge in [-0.1, -0.05) is 36.0 Å². The fourth-order valence-electron chi connectivity index (χ4n) is 3.58. The smallest absolute Gasteiger partial charge is 0.255 e. The van der Waals surface area contributed by atoms with Gasteiger partial charge in [-0.05, 0) is 37.7 Å². The SMILES string of the molecule is O=C(c1cnc(Cl)c(Cl)c1)N1CCC[C@@H]2CCCC[C@@H]21. The predicted molar refractivity (Wildman–Crippen MR) is 80.3 cm³/mol. The van der Waals surface area contributed by atoms with Gasteiger partial charge in [0, 0.05) is 18.8 Å². The van der Waals surface area contributed by atoms with Crippen LogP contribution in [0.2, 0.25) is 10.2 Å². The molecule has 1 aromatic heterocycles.